The van der Waals surface area contributed by atoms with E-state index in [1.807, 2.05) is 6.07 Å². The van der Waals surface area contributed by atoms with Crippen LogP contribution in [0.4, 0.5) is 5.82 Å². The molecule has 0 spiro atoms. The summed E-state index contributed by atoms with van der Waals surface area (Å²) in [7, 11) is -3.31. The van der Waals surface area contributed by atoms with Crippen molar-refractivity contribution in [2.24, 2.45) is 0 Å². The summed E-state index contributed by atoms with van der Waals surface area (Å²) in [5, 5.41) is 3.44. The van der Waals surface area contributed by atoms with Crippen LogP contribution in [-0.2, 0) is 21.3 Å². The van der Waals surface area contributed by atoms with Crippen LogP contribution in [0.3, 0.4) is 0 Å². The monoisotopic (exact) mass is 431 g/mol. The van der Waals surface area contributed by atoms with E-state index in [4.69, 9.17) is 16.3 Å². The van der Waals surface area contributed by atoms with E-state index in [1.165, 1.54) is 17.6 Å². The Bertz CT molecular complexity index is 924. The molecule has 0 bridgehead atoms. The lowest BCUT2D eigenvalue weighted by Gasteiger charge is -2.28. The highest BCUT2D eigenvalue weighted by molar-refractivity contribution is 7.88. The van der Waals surface area contributed by atoms with Crippen molar-refractivity contribution in [1.82, 2.24) is 19.6 Å². The molecule has 4 heterocycles. The average Bonchev–Trinajstić information content (AvgIpc) is 3.28. The fourth-order valence-corrected chi connectivity index (χ4v) is 6.02. The zero-order valence-corrected chi connectivity index (χ0v) is 17.4. The third-order valence-corrected chi connectivity index (χ3v) is 7.42. The number of morpholine rings is 1. The van der Waals surface area contributed by atoms with Gasteiger partial charge in [-0.1, -0.05) is 0 Å². The summed E-state index contributed by atoms with van der Waals surface area (Å²) in [4.78, 5) is 11.9. The zero-order chi connectivity index (χ0) is 19.0. The molecule has 2 aliphatic rings. The molecular weight excluding hydrogens is 410 g/mol. The van der Waals surface area contributed by atoms with Gasteiger partial charge in [-0.2, -0.15) is 9.29 Å². The summed E-state index contributed by atoms with van der Waals surface area (Å²) in [5.74, 6) is 0.804. The van der Waals surface area contributed by atoms with Gasteiger partial charge in [-0.3, -0.25) is 0 Å². The molecule has 0 aliphatic carbocycles. The van der Waals surface area contributed by atoms with Crippen LogP contribution in [0.2, 0.25) is 5.28 Å². The van der Waals surface area contributed by atoms with E-state index in [9.17, 15) is 8.42 Å². The fourth-order valence-electron chi connectivity index (χ4n) is 3.56. The predicted octanol–water partition coefficient (Wildman–Crippen LogP) is 1.30. The van der Waals surface area contributed by atoms with Crippen LogP contribution < -0.4 is 10.2 Å². The van der Waals surface area contributed by atoms with Gasteiger partial charge in [-0.05, 0) is 30.6 Å². The molecule has 0 radical (unpaired) electrons. The Morgan fingerprint density at radius 3 is 2.85 bits per heavy atom. The van der Waals surface area contributed by atoms with Crippen LogP contribution in [-0.4, -0.2) is 74.4 Å². The van der Waals surface area contributed by atoms with E-state index >= 15 is 0 Å². The molecule has 2 saturated heterocycles. The quantitative estimate of drug-likeness (QED) is 0.714. The number of hydrogen-bond acceptors (Lipinski definition) is 8. The van der Waals surface area contributed by atoms with Gasteiger partial charge in [0.1, 0.15) is 0 Å². The van der Waals surface area contributed by atoms with E-state index < -0.39 is 10.0 Å². The Kier molecular flexibility index (Phi) is 5.55. The molecule has 0 aromatic carbocycles. The lowest BCUT2D eigenvalue weighted by Crippen LogP contribution is -2.40. The van der Waals surface area contributed by atoms with Gasteiger partial charge >= 0.3 is 0 Å². The Morgan fingerprint density at radius 1 is 1.41 bits per heavy atom. The van der Waals surface area contributed by atoms with Crippen molar-refractivity contribution in [3.63, 3.8) is 0 Å². The third-order valence-electron chi connectivity index (χ3n) is 4.87. The van der Waals surface area contributed by atoms with Gasteiger partial charge in [0.15, 0.2) is 5.82 Å². The number of nitrogens with zero attached hydrogens (tertiary/aromatic N) is 4. The normalized spacial score (nSPS) is 21.4. The lowest BCUT2D eigenvalue weighted by molar-refractivity contribution is 0.122. The molecule has 8 nitrogen and oxygen atoms in total. The van der Waals surface area contributed by atoms with E-state index in [-0.39, 0.29) is 11.3 Å². The van der Waals surface area contributed by atoms with Crippen LogP contribution in [0.25, 0.3) is 10.2 Å². The van der Waals surface area contributed by atoms with Crippen molar-refractivity contribution in [2.45, 2.75) is 19.0 Å². The Labute approximate surface area is 167 Å². The summed E-state index contributed by atoms with van der Waals surface area (Å²) in [6, 6.07) is 1.91. The Balaban J connectivity index is 1.68. The first-order valence-corrected chi connectivity index (χ1v) is 11.9. The molecule has 2 aliphatic heterocycles. The van der Waals surface area contributed by atoms with Crippen LogP contribution >= 0.6 is 22.9 Å². The number of hydrogen-bond donors (Lipinski definition) is 1. The maximum atomic E-state index is 12.3. The number of anilines is 1. The van der Waals surface area contributed by atoms with Crippen LogP contribution in [0.5, 0.6) is 0 Å². The minimum atomic E-state index is -3.31. The second-order valence-electron chi connectivity index (χ2n) is 6.80. The van der Waals surface area contributed by atoms with Crippen LogP contribution in [0.15, 0.2) is 6.07 Å². The number of sulfonamides is 1. The van der Waals surface area contributed by atoms with Gasteiger partial charge in [-0.15, -0.1) is 11.3 Å². The SMILES string of the molecule is CS(=O)(=O)N(Cc1cc2nc(Cl)nc(N3CCOCC3)c2s1)C1CCNC1. The number of ether oxygens (including phenoxy) is 1. The molecule has 1 atom stereocenters. The molecule has 1 unspecified atom stereocenters. The molecule has 2 aromatic rings. The zero-order valence-electron chi connectivity index (χ0n) is 15.0. The molecular formula is C16H22ClN5O3S2. The summed E-state index contributed by atoms with van der Waals surface area (Å²) in [6.45, 7) is 4.66. The highest BCUT2D eigenvalue weighted by Gasteiger charge is 2.30. The van der Waals surface area contributed by atoms with Gasteiger partial charge in [0.05, 0.1) is 29.7 Å². The molecule has 2 aromatic heterocycles. The first-order chi connectivity index (χ1) is 12.9. The summed E-state index contributed by atoms with van der Waals surface area (Å²) in [6.07, 6.45) is 2.09. The van der Waals surface area contributed by atoms with E-state index in [2.05, 4.69) is 20.2 Å². The van der Waals surface area contributed by atoms with Gasteiger partial charge in [0.25, 0.3) is 0 Å². The van der Waals surface area contributed by atoms with Crippen molar-refractivity contribution in [3.8, 4) is 0 Å². The Morgan fingerprint density at radius 2 is 2.19 bits per heavy atom. The number of rotatable bonds is 5. The fraction of sp³-hybridized carbons (Fsp3) is 0.625. The Hall–Kier alpha value is -1.04. The highest BCUT2D eigenvalue weighted by atomic mass is 35.5. The van der Waals surface area contributed by atoms with Gasteiger partial charge in [-0.25, -0.2) is 13.4 Å². The molecule has 4 rings (SSSR count). The molecule has 148 valence electrons. The van der Waals surface area contributed by atoms with E-state index in [0.717, 1.165) is 47.0 Å². The maximum Gasteiger partial charge on any atom is 0.224 e. The first-order valence-electron chi connectivity index (χ1n) is 8.88. The standard InChI is InChI=1S/C16H22ClN5O3S2/c1-27(23,24)22(11-2-3-18-9-11)10-12-8-13-14(26-12)15(20-16(17)19-13)21-4-6-25-7-5-21/h8,11,18H,2-7,9-10H2,1H3. The largest absolute Gasteiger partial charge is 0.378 e. The van der Waals surface area contributed by atoms with E-state index in [0.29, 0.717) is 26.3 Å². The van der Waals surface area contributed by atoms with Crippen molar-refractivity contribution in [1.29, 1.82) is 0 Å². The molecule has 2 fully saturated rings. The number of aromatic nitrogens is 2. The van der Waals surface area contributed by atoms with Gasteiger partial charge in [0, 0.05) is 37.1 Å². The van der Waals surface area contributed by atoms with Crippen molar-refractivity contribution in [2.75, 3.05) is 50.5 Å². The van der Waals surface area contributed by atoms with Crippen LogP contribution in [0, 0.1) is 0 Å². The van der Waals surface area contributed by atoms with Gasteiger partial charge < -0.3 is 15.0 Å². The second-order valence-corrected chi connectivity index (χ2v) is 10.2. The minimum absolute atomic E-state index is 0.0152. The number of fused-ring (bicyclic) bond motifs is 1. The second kappa shape index (κ2) is 7.76. The summed E-state index contributed by atoms with van der Waals surface area (Å²) in [5.41, 5.74) is 0.759. The van der Waals surface area contributed by atoms with Crippen LogP contribution in [0.1, 0.15) is 11.3 Å². The highest BCUT2D eigenvalue weighted by Crippen LogP contribution is 2.34. The maximum absolute atomic E-state index is 12.3. The molecule has 27 heavy (non-hydrogen) atoms. The summed E-state index contributed by atoms with van der Waals surface area (Å²) >= 11 is 7.68. The topological polar surface area (TPSA) is 87.7 Å². The van der Waals surface area contributed by atoms with Gasteiger partial charge in [0.2, 0.25) is 15.3 Å². The minimum Gasteiger partial charge on any atom is -0.378 e. The average molecular weight is 432 g/mol. The number of halogens is 1. The van der Waals surface area contributed by atoms with E-state index in [1.54, 1.807) is 4.31 Å². The summed E-state index contributed by atoms with van der Waals surface area (Å²) < 4.78 is 32.6. The molecule has 0 saturated carbocycles. The molecule has 11 heteroatoms. The number of nitrogens with one attached hydrogen (secondary N) is 1. The van der Waals surface area contributed by atoms with Crippen molar-refractivity contribution >= 4 is 49.0 Å². The lowest BCUT2D eigenvalue weighted by atomic mass is 10.2. The smallest absolute Gasteiger partial charge is 0.224 e. The number of thiophene rings is 1. The van der Waals surface area contributed by atoms with Crippen molar-refractivity contribution < 1.29 is 13.2 Å². The first kappa shape index (κ1) is 19.3. The van der Waals surface area contributed by atoms with Crippen molar-refractivity contribution in [3.05, 3.63) is 16.2 Å². The molecule has 0 amide bonds. The molecule has 1 N–H and O–H groups in total. The predicted molar refractivity (Wildman–Crippen MR) is 107 cm³/mol. The third kappa shape index (κ3) is 4.20.